The Morgan fingerprint density at radius 1 is 1.20 bits per heavy atom. The predicted molar refractivity (Wildman–Crippen MR) is 116 cm³/mol. The number of nitrogens with zero attached hydrogens (tertiary/aromatic N) is 3. The third kappa shape index (κ3) is 3.10. The van der Waals surface area contributed by atoms with Crippen molar-refractivity contribution in [2.24, 2.45) is 5.10 Å². The molecule has 2 aromatic rings. The van der Waals surface area contributed by atoms with Crippen LogP contribution in [-0.4, -0.2) is 53.2 Å². The Morgan fingerprint density at radius 2 is 2.00 bits per heavy atom. The highest BCUT2D eigenvalue weighted by molar-refractivity contribution is 6.02. The number of para-hydroxylation sites is 1. The number of phenolic OH excluding ortho intramolecular Hbond substituents is 1. The lowest BCUT2D eigenvalue weighted by Gasteiger charge is -2.51. The summed E-state index contributed by atoms with van der Waals surface area (Å²) in [7, 11) is 1.57. The van der Waals surface area contributed by atoms with Gasteiger partial charge in [0, 0.05) is 43.5 Å². The first-order valence-electron chi connectivity index (χ1n) is 10.9. The van der Waals surface area contributed by atoms with Crippen molar-refractivity contribution in [1.29, 1.82) is 0 Å². The Bertz CT molecular complexity index is 966. The van der Waals surface area contributed by atoms with Crippen molar-refractivity contribution in [3.05, 3.63) is 53.6 Å². The van der Waals surface area contributed by atoms with Gasteiger partial charge in [0.25, 0.3) is 0 Å². The van der Waals surface area contributed by atoms with Gasteiger partial charge in [0.05, 0.1) is 18.9 Å². The number of hydrogen-bond acceptors (Lipinski definition) is 6. The van der Waals surface area contributed by atoms with E-state index < -0.39 is 5.72 Å². The summed E-state index contributed by atoms with van der Waals surface area (Å²) < 4.78 is 12.0. The van der Waals surface area contributed by atoms with Gasteiger partial charge in [0.15, 0.2) is 11.5 Å². The summed E-state index contributed by atoms with van der Waals surface area (Å²) in [5, 5.41) is 17.3. The Hall–Kier alpha value is -2.73. The predicted octanol–water partition coefficient (Wildman–Crippen LogP) is 4.15. The highest BCUT2D eigenvalue weighted by atomic mass is 16.5. The van der Waals surface area contributed by atoms with Gasteiger partial charge in [-0.05, 0) is 37.2 Å². The fourth-order valence-electron chi connectivity index (χ4n) is 5.03. The molecule has 158 valence electrons. The van der Waals surface area contributed by atoms with Crippen LogP contribution in [0.3, 0.4) is 0 Å². The molecule has 0 radical (unpaired) electrons. The van der Waals surface area contributed by atoms with E-state index in [4.69, 9.17) is 14.6 Å². The van der Waals surface area contributed by atoms with Crippen molar-refractivity contribution in [3.8, 4) is 17.2 Å². The highest BCUT2D eigenvalue weighted by Crippen LogP contribution is 2.50. The minimum atomic E-state index is -0.397. The van der Waals surface area contributed by atoms with Crippen molar-refractivity contribution in [2.75, 3.05) is 26.7 Å². The van der Waals surface area contributed by atoms with Gasteiger partial charge in [0.2, 0.25) is 5.72 Å². The van der Waals surface area contributed by atoms with E-state index in [1.54, 1.807) is 13.2 Å². The number of rotatable bonds is 4. The van der Waals surface area contributed by atoms with Crippen LogP contribution < -0.4 is 9.47 Å². The van der Waals surface area contributed by atoms with E-state index in [0.717, 1.165) is 55.9 Å². The molecule has 6 nitrogen and oxygen atoms in total. The molecule has 1 N–H and O–H groups in total. The molecule has 0 bridgehead atoms. The van der Waals surface area contributed by atoms with E-state index in [-0.39, 0.29) is 11.8 Å². The fraction of sp³-hybridized carbons (Fsp3) is 0.458. The second-order valence-corrected chi connectivity index (χ2v) is 8.43. The number of likely N-dealkylation sites (tertiary alicyclic amines) is 1. The zero-order valence-corrected chi connectivity index (χ0v) is 17.7. The van der Waals surface area contributed by atoms with E-state index in [2.05, 4.69) is 41.1 Å². The second-order valence-electron chi connectivity index (χ2n) is 8.43. The van der Waals surface area contributed by atoms with E-state index >= 15 is 0 Å². The first-order chi connectivity index (χ1) is 14.6. The number of hydrazone groups is 1. The van der Waals surface area contributed by atoms with Gasteiger partial charge in [-0.1, -0.05) is 25.1 Å². The molecule has 30 heavy (non-hydrogen) atoms. The number of methoxy groups -OCH3 is 1. The average Bonchev–Trinajstić information content (AvgIpc) is 3.23. The zero-order chi connectivity index (χ0) is 20.7. The monoisotopic (exact) mass is 407 g/mol. The van der Waals surface area contributed by atoms with E-state index in [9.17, 15) is 5.11 Å². The fourth-order valence-corrected chi connectivity index (χ4v) is 5.03. The van der Waals surface area contributed by atoms with Crippen LogP contribution in [0.15, 0.2) is 47.6 Å². The minimum absolute atomic E-state index is 0.144. The molecule has 1 saturated heterocycles. The Labute approximate surface area is 177 Å². The number of aromatic hydroxyl groups is 1. The van der Waals surface area contributed by atoms with Crippen LogP contribution in [0, 0.1) is 0 Å². The molecule has 0 aliphatic carbocycles. The van der Waals surface area contributed by atoms with Crippen LogP contribution in [0.5, 0.6) is 17.2 Å². The molecular weight excluding hydrogens is 378 g/mol. The van der Waals surface area contributed by atoms with Crippen molar-refractivity contribution >= 4 is 5.71 Å². The molecule has 0 amide bonds. The standard InChI is InChI=1S/C24H29N3O3/c1-3-12-26-13-10-24(11-14-26)27-20(18-6-4-5-7-22(18)30-24)16-19(25-27)17-8-9-21(28)23(15-17)29-2/h4-9,15,20,28H,3,10-14,16H2,1-2H3. The minimum Gasteiger partial charge on any atom is -0.504 e. The number of fused-ring (bicyclic) bond motifs is 4. The third-order valence-corrected chi connectivity index (χ3v) is 6.60. The Balaban J connectivity index is 1.51. The lowest BCUT2D eigenvalue weighted by Crippen LogP contribution is -2.59. The normalized spacial score (nSPS) is 22.3. The maximum atomic E-state index is 9.98. The van der Waals surface area contributed by atoms with Crippen LogP contribution in [0.25, 0.3) is 0 Å². The van der Waals surface area contributed by atoms with Gasteiger partial charge in [-0.2, -0.15) is 5.10 Å². The average molecular weight is 408 g/mol. The van der Waals surface area contributed by atoms with Gasteiger partial charge in [-0.3, -0.25) is 0 Å². The molecule has 0 aromatic heterocycles. The smallest absolute Gasteiger partial charge is 0.200 e. The number of benzene rings is 2. The van der Waals surface area contributed by atoms with Gasteiger partial charge >= 0.3 is 0 Å². The Morgan fingerprint density at radius 3 is 2.77 bits per heavy atom. The van der Waals surface area contributed by atoms with Crippen LogP contribution in [0.4, 0.5) is 0 Å². The molecule has 1 atom stereocenters. The molecule has 3 aliphatic heterocycles. The zero-order valence-electron chi connectivity index (χ0n) is 17.7. The summed E-state index contributed by atoms with van der Waals surface area (Å²) in [5.41, 5.74) is 2.79. The second kappa shape index (κ2) is 7.51. The van der Waals surface area contributed by atoms with E-state index in [1.165, 1.54) is 12.0 Å². The molecule has 1 unspecified atom stereocenters. The van der Waals surface area contributed by atoms with E-state index in [1.807, 2.05) is 12.1 Å². The molecule has 1 fully saturated rings. The van der Waals surface area contributed by atoms with Crippen LogP contribution in [0.1, 0.15) is 49.8 Å². The van der Waals surface area contributed by atoms with Gasteiger partial charge < -0.3 is 19.5 Å². The van der Waals surface area contributed by atoms with Gasteiger partial charge in [-0.25, -0.2) is 5.01 Å². The topological polar surface area (TPSA) is 57.5 Å². The summed E-state index contributed by atoms with van der Waals surface area (Å²) >= 11 is 0. The molecular formula is C24H29N3O3. The third-order valence-electron chi connectivity index (χ3n) is 6.60. The maximum Gasteiger partial charge on any atom is 0.200 e. The molecule has 6 heteroatoms. The number of phenols is 1. The molecule has 1 spiro atoms. The lowest BCUT2D eigenvalue weighted by molar-refractivity contribution is -0.149. The van der Waals surface area contributed by atoms with Crippen molar-refractivity contribution in [2.45, 2.75) is 44.4 Å². The van der Waals surface area contributed by atoms with Crippen LogP contribution >= 0.6 is 0 Å². The summed E-state index contributed by atoms with van der Waals surface area (Å²) in [6.45, 7) is 5.42. The molecule has 0 saturated carbocycles. The van der Waals surface area contributed by atoms with Crippen LogP contribution in [-0.2, 0) is 0 Å². The Kier molecular flexibility index (Phi) is 4.82. The largest absolute Gasteiger partial charge is 0.504 e. The maximum absolute atomic E-state index is 9.98. The van der Waals surface area contributed by atoms with Crippen molar-refractivity contribution in [3.63, 3.8) is 0 Å². The summed E-state index contributed by atoms with van der Waals surface area (Å²) in [5.74, 6) is 1.60. The summed E-state index contributed by atoms with van der Waals surface area (Å²) in [6, 6.07) is 14.0. The molecule has 2 aromatic carbocycles. The first kappa shape index (κ1) is 19.2. The van der Waals surface area contributed by atoms with Crippen LogP contribution in [0.2, 0.25) is 0 Å². The van der Waals surface area contributed by atoms with E-state index in [0.29, 0.717) is 5.75 Å². The summed E-state index contributed by atoms with van der Waals surface area (Å²) in [4.78, 5) is 2.52. The quantitative estimate of drug-likeness (QED) is 0.825. The number of hydrogen-bond donors (Lipinski definition) is 1. The van der Waals surface area contributed by atoms with Gasteiger partial charge in [0.1, 0.15) is 5.75 Å². The number of piperidine rings is 1. The summed E-state index contributed by atoms with van der Waals surface area (Å²) in [6.07, 6.45) is 3.86. The van der Waals surface area contributed by atoms with Gasteiger partial charge in [-0.15, -0.1) is 0 Å². The molecule has 5 rings (SSSR count). The highest BCUT2D eigenvalue weighted by Gasteiger charge is 2.51. The SMILES string of the molecule is CCCN1CCC2(CC1)Oc1ccccc1C1CC(c3ccc(O)c(OC)c3)=NN12. The molecule has 3 heterocycles. The van der Waals surface area contributed by atoms with Crippen molar-refractivity contribution in [1.82, 2.24) is 9.91 Å². The number of ether oxygens (including phenoxy) is 2. The lowest BCUT2D eigenvalue weighted by atomic mass is 9.90. The molecule has 3 aliphatic rings. The first-order valence-corrected chi connectivity index (χ1v) is 10.9. The van der Waals surface area contributed by atoms with Crippen molar-refractivity contribution < 1.29 is 14.6 Å².